The van der Waals surface area contributed by atoms with Gasteiger partial charge in [0.2, 0.25) is 17.1 Å². The number of esters is 3. The largest absolute Gasteiger partial charge is 0.481 e. The molecule has 0 bridgehead atoms. The average molecular weight is 1630 g/mol. The molecule has 1 aromatic carbocycles. The predicted octanol–water partition coefficient (Wildman–Crippen LogP) is 9.59. The van der Waals surface area contributed by atoms with E-state index in [1.54, 1.807) is 118 Å². The van der Waals surface area contributed by atoms with Gasteiger partial charge in [0.05, 0.1) is 72.4 Å². The maximum Gasteiger partial charge on any atom is 0.421 e. The Morgan fingerprint density at radius 2 is 1.25 bits per heavy atom. The van der Waals surface area contributed by atoms with Crippen LogP contribution >= 0.6 is 0 Å². The van der Waals surface area contributed by atoms with Crippen molar-refractivity contribution in [1.29, 1.82) is 0 Å². The monoisotopic (exact) mass is 1630 g/mol. The Morgan fingerprint density at radius 3 is 1.78 bits per heavy atom. The fraction of sp³-hybridized carbons (Fsp3) is 0.632. The van der Waals surface area contributed by atoms with E-state index < -0.39 is 161 Å². The molecule has 117 heavy (non-hydrogen) atoms. The number of benzene rings is 1. The van der Waals surface area contributed by atoms with Gasteiger partial charge in [0, 0.05) is 99.4 Å². The molecule has 30 nitrogen and oxygen atoms in total. The van der Waals surface area contributed by atoms with Crippen molar-refractivity contribution >= 4 is 53.2 Å². The van der Waals surface area contributed by atoms with E-state index >= 15 is 0 Å². The summed E-state index contributed by atoms with van der Waals surface area (Å²) in [6.45, 7) is 24.2. The Morgan fingerprint density at radius 1 is 0.684 bits per heavy atom. The number of ether oxygens (including phenoxy) is 12. The number of fused-ring (bicyclic) bond motifs is 1. The number of terminal acetylenes is 2. The number of amides is 1. The lowest BCUT2D eigenvalue weighted by Gasteiger charge is -2.47. The van der Waals surface area contributed by atoms with Crippen LogP contribution in [0.3, 0.4) is 0 Å². The fourth-order valence-corrected chi connectivity index (χ4v) is 17.0. The van der Waals surface area contributed by atoms with Crippen molar-refractivity contribution in [3.05, 3.63) is 97.1 Å². The number of carbonyl (C=O) groups excluding carboxylic acids is 9. The normalized spacial score (nSPS) is 34.8. The minimum atomic E-state index is -2.04. The summed E-state index contributed by atoms with van der Waals surface area (Å²) >= 11 is 0. The van der Waals surface area contributed by atoms with E-state index in [9.17, 15) is 48.3 Å². The van der Waals surface area contributed by atoms with Crippen molar-refractivity contribution in [1.82, 2.24) is 38.8 Å². The quantitative estimate of drug-likeness (QED) is 0.0283. The summed E-state index contributed by atoms with van der Waals surface area (Å²) < 4.78 is 76.4. The lowest BCUT2D eigenvalue weighted by atomic mass is 9.73. The highest BCUT2D eigenvalue weighted by molar-refractivity contribution is 6.01. The first-order chi connectivity index (χ1) is 55.3. The molecule has 3 aromatic heterocycles. The molecular weight excluding hydrogens is 1510 g/mol. The summed E-state index contributed by atoms with van der Waals surface area (Å²) in [6.07, 6.45) is 14.1. The van der Waals surface area contributed by atoms with E-state index in [1.165, 1.54) is 64.7 Å². The molecule has 0 spiro atoms. The number of pyridine rings is 1. The molecule has 0 saturated carbocycles. The van der Waals surface area contributed by atoms with Crippen LogP contribution in [0.1, 0.15) is 159 Å². The summed E-state index contributed by atoms with van der Waals surface area (Å²) in [5, 5.41) is 11.5. The van der Waals surface area contributed by atoms with E-state index in [0.717, 1.165) is 15.8 Å². The van der Waals surface area contributed by atoms with Crippen LogP contribution in [0, 0.1) is 66.1 Å². The summed E-state index contributed by atoms with van der Waals surface area (Å²) in [7, 11) is 11.9. The lowest BCUT2D eigenvalue weighted by Crippen LogP contribution is -2.60. The Kier molecular flexibility index (Phi) is 32.0. The third-order valence-corrected chi connectivity index (χ3v) is 23.8. The first-order valence-corrected chi connectivity index (χ1v) is 40.2. The molecule has 2 unspecified atom stereocenters. The van der Waals surface area contributed by atoms with Gasteiger partial charge in [0.25, 0.3) is 0 Å². The molecule has 4 aromatic rings. The first-order valence-electron chi connectivity index (χ1n) is 40.2. The van der Waals surface area contributed by atoms with E-state index in [4.69, 9.17) is 69.7 Å². The predicted molar refractivity (Wildman–Crippen MR) is 428 cm³/mol. The topological polar surface area (TPSA) is 343 Å². The number of allylic oxidation sites excluding steroid dienone is 1. The highest BCUT2D eigenvalue weighted by atomic mass is 16.7. The summed E-state index contributed by atoms with van der Waals surface area (Å²) in [6, 6.07) is 10.5. The maximum atomic E-state index is 14.8. The second-order valence-corrected chi connectivity index (χ2v) is 32.6. The number of nitrogens with zero attached hydrogens (tertiary/aromatic N) is 8. The molecule has 1 N–H and O–H groups in total. The van der Waals surface area contributed by atoms with Crippen LogP contribution < -0.4 is 4.74 Å². The molecule has 640 valence electrons. The minimum Gasteiger partial charge on any atom is -0.481 e. The van der Waals surface area contributed by atoms with Crippen molar-refractivity contribution in [2.45, 2.75) is 257 Å². The highest BCUT2D eigenvalue weighted by Gasteiger charge is 2.63. The Balaban J connectivity index is 0.000000293. The Labute approximate surface area is 687 Å². The van der Waals surface area contributed by atoms with Gasteiger partial charge in [-0.25, -0.2) is 33.9 Å². The highest BCUT2D eigenvalue weighted by Crippen LogP contribution is 2.45. The summed E-state index contributed by atoms with van der Waals surface area (Å²) in [4.78, 5) is 144. The number of aromatic nitrogens is 5. The van der Waals surface area contributed by atoms with Gasteiger partial charge >= 0.3 is 30.1 Å². The van der Waals surface area contributed by atoms with Crippen LogP contribution in [-0.4, -0.2) is 255 Å². The van der Waals surface area contributed by atoms with Gasteiger partial charge < -0.3 is 76.3 Å². The molecule has 30 heteroatoms. The number of rotatable bonds is 20. The molecule has 0 radical (unpaired) electrons. The van der Waals surface area contributed by atoms with Gasteiger partial charge in [-0.2, -0.15) is 0 Å². The molecule has 4 fully saturated rings. The number of unbranched alkanes of at least 4 members (excludes halogenated alkanes) is 1. The second-order valence-electron chi connectivity index (χ2n) is 32.6. The molecular formula is C87H120N8O22. The Hall–Kier alpha value is -9.08. The van der Waals surface area contributed by atoms with Crippen LogP contribution in [0.5, 0.6) is 5.88 Å². The first kappa shape index (κ1) is 93.4. The number of methoxy groups -OCH3 is 3. The van der Waals surface area contributed by atoms with Gasteiger partial charge in [0.1, 0.15) is 30.1 Å². The number of carbonyl (C=O) groups is 9. The fourth-order valence-electron chi connectivity index (χ4n) is 17.0. The number of Topliss-reactive ketones (excluding diaryl/α,β-unsaturated/α-hetero) is 4. The molecule has 24 atom stereocenters. The summed E-state index contributed by atoms with van der Waals surface area (Å²) in [5.74, 6) is -5.52. The van der Waals surface area contributed by atoms with E-state index in [1.807, 2.05) is 68.7 Å². The third-order valence-electron chi connectivity index (χ3n) is 23.8. The molecule has 8 heterocycles. The van der Waals surface area contributed by atoms with E-state index in [-0.39, 0.29) is 73.7 Å². The number of likely N-dealkylation sites (N-methyl/N-ethyl adjacent to an activating group) is 2. The van der Waals surface area contributed by atoms with Gasteiger partial charge in [-0.15, -0.1) is 12.8 Å². The van der Waals surface area contributed by atoms with Gasteiger partial charge in [0.15, 0.2) is 48.2 Å². The van der Waals surface area contributed by atoms with Crippen molar-refractivity contribution in [3.63, 3.8) is 0 Å². The van der Waals surface area contributed by atoms with Crippen LogP contribution in [0.4, 0.5) is 9.59 Å². The number of aliphatic hydroxyl groups is 1. The second kappa shape index (κ2) is 40.1. The number of imidazole rings is 2. The van der Waals surface area contributed by atoms with Gasteiger partial charge in [-0.1, -0.05) is 78.5 Å². The van der Waals surface area contributed by atoms with Crippen molar-refractivity contribution in [3.8, 4) is 41.8 Å². The van der Waals surface area contributed by atoms with E-state index in [0.29, 0.717) is 43.7 Å². The average Bonchev–Trinajstić information content (AvgIpc) is 1.55. The smallest absolute Gasteiger partial charge is 0.421 e. The number of hydrogen-bond donors (Lipinski definition) is 1. The van der Waals surface area contributed by atoms with E-state index in [2.05, 4.69) is 26.8 Å². The number of ketones is 4. The maximum absolute atomic E-state index is 14.8. The Bertz CT molecular complexity index is 4220. The zero-order valence-corrected chi connectivity index (χ0v) is 71.5. The standard InChI is InChI=1S/C45H65N5O11.C42H55N3O11/c1-13-34-45(14-2)39(50(43(55)61-45)20-16-15-19-49-24-32(47-25-49)31-17-18-35(56-11)46-23-31)28(5)36(51)26(3)22-44(8,57-12)40(29(6)37(52)30(7)41(54)59-34)60-42-38(53)33(48(9)10)21-27(4)58-42;1-12-32-42(13-2,56-40(50)45-20-19-43-24-45)23-26(4)33(46)25(3)22-41(8,51-11)36(28(6)34(47)29(7)37(48)53-32)55-39-35(31(44(9)10)21-27(5)52-39)54-38(49)30-17-15-14-16-18-30/h2,17-18,23-30,33-34,38-40,42,53H,13,15-16,19-22H2,1,3-12H3;2,14-20,23-25,27-29,31-32,35-36,39H,12,21-22H2,1,3-11H3/b;26-23+/t26-,27-,28+,29+,30-,33+,34-,38-,39-,40-,42?,44+,45-;25-,27-,28+,29-,31+,32-,35-,36-,39?,41+,42+/m11/s1. The molecule has 9 rings (SSSR count). The van der Waals surface area contributed by atoms with Crippen molar-refractivity contribution < 1.29 is 105 Å². The number of aliphatic hydroxyl groups excluding tert-OH is 1. The molecule has 5 aliphatic heterocycles. The summed E-state index contributed by atoms with van der Waals surface area (Å²) in [5.41, 5.74) is -4.50. The van der Waals surface area contributed by atoms with Gasteiger partial charge in [-0.05, 0) is 158 Å². The number of cyclic esters (lactones) is 2. The van der Waals surface area contributed by atoms with Crippen molar-refractivity contribution in [2.75, 3.05) is 56.1 Å². The number of hydrogen-bond acceptors (Lipinski definition) is 27. The van der Waals surface area contributed by atoms with Gasteiger partial charge in [-0.3, -0.25) is 33.7 Å². The number of aryl methyl sites for hydroxylation is 1. The molecule has 4 saturated heterocycles. The third kappa shape index (κ3) is 21.0. The molecule has 5 aliphatic rings. The SMILES string of the molecule is C#C[C@]1(OC(=O)n2ccnc2)/C=C(\C)C(=O)[C@H](C)C[C@](C)(OC)[C@H](OC2O[C@H](C)C[C@H](N(C)C)[C@H]2OC(=O)c2ccccc2)[C@@H](C)C(=O)[C@@H](C)C(=O)O[C@@H]1CC.C#C[C@]12OC(=O)N(CCCCn3cnc(-c4ccc(OC)nc4)c3)[C@@H]1[C@@H](C)C(=O)[C@H](C)C[C@](C)(OC)[C@H](OC1O[C@H](C)C[C@H](N(C)C)[C@H]1O)[C@@H](C)C(=O)[C@@H](C)C(=O)O[C@@H]2CC. The van der Waals surface area contributed by atoms with Crippen LogP contribution in [0.15, 0.2) is 91.6 Å². The molecule has 1 amide bonds. The molecule has 0 aliphatic carbocycles. The zero-order valence-electron chi connectivity index (χ0n) is 71.5. The van der Waals surface area contributed by atoms with Crippen LogP contribution in [-0.2, 0) is 87.4 Å². The van der Waals surface area contributed by atoms with Crippen molar-refractivity contribution in [2.24, 2.45) is 41.4 Å². The van der Waals surface area contributed by atoms with Crippen LogP contribution in [0.25, 0.3) is 11.3 Å². The zero-order chi connectivity index (χ0) is 86.5. The lowest BCUT2D eigenvalue weighted by molar-refractivity contribution is -0.295. The van der Waals surface area contributed by atoms with Crippen LogP contribution in [0.2, 0.25) is 0 Å². The minimum absolute atomic E-state index is 0.0254.